The van der Waals surface area contributed by atoms with Crippen LogP contribution in [-0.2, 0) is 4.79 Å². The van der Waals surface area contributed by atoms with Gasteiger partial charge in [-0.3, -0.25) is 4.79 Å². The van der Waals surface area contributed by atoms with Gasteiger partial charge in [0.25, 0.3) is 0 Å². The third-order valence-electron chi connectivity index (χ3n) is 4.19. The molecule has 0 aromatic rings. The zero-order valence-electron chi connectivity index (χ0n) is 12.5. The second kappa shape index (κ2) is 10.2. The maximum Gasteiger partial charge on any atom is 0.220 e. The summed E-state index contributed by atoms with van der Waals surface area (Å²) in [6.07, 6.45) is 12.0. The minimum Gasteiger partial charge on any atom is -0.393 e. The summed E-state index contributed by atoms with van der Waals surface area (Å²) >= 11 is 0. The number of carbonyl (C=O) groups excluding carboxylic acids is 1. The van der Waals surface area contributed by atoms with E-state index in [9.17, 15) is 9.90 Å². The molecule has 0 radical (unpaired) electrons. The molecule has 2 unspecified atom stereocenters. The summed E-state index contributed by atoms with van der Waals surface area (Å²) < 4.78 is 0. The lowest BCUT2D eigenvalue weighted by Gasteiger charge is -2.27. The molecule has 2 atom stereocenters. The monoisotopic (exact) mass is 269 g/mol. The fraction of sp³-hybridized carbons (Fsp3) is 0.938. The molecule has 0 aromatic carbocycles. The van der Waals surface area contributed by atoms with Crippen LogP contribution in [-0.4, -0.2) is 23.7 Å². The van der Waals surface area contributed by atoms with Crippen LogP contribution in [0.2, 0.25) is 0 Å². The van der Waals surface area contributed by atoms with Gasteiger partial charge in [-0.1, -0.05) is 51.9 Å². The Morgan fingerprint density at radius 3 is 2.53 bits per heavy atom. The maximum absolute atomic E-state index is 11.7. The average Bonchev–Trinajstić information content (AvgIpc) is 2.42. The fourth-order valence-corrected chi connectivity index (χ4v) is 2.83. The van der Waals surface area contributed by atoms with E-state index in [2.05, 4.69) is 12.2 Å². The Balaban J connectivity index is 1.98. The van der Waals surface area contributed by atoms with Gasteiger partial charge in [0.05, 0.1) is 6.10 Å². The Bertz CT molecular complexity index is 243. The number of nitrogens with one attached hydrogen (secondary N) is 1. The summed E-state index contributed by atoms with van der Waals surface area (Å²) in [5.74, 6) is 0.440. The highest BCUT2D eigenvalue weighted by Crippen LogP contribution is 2.23. The van der Waals surface area contributed by atoms with E-state index in [0.29, 0.717) is 13.0 Å². The lowest BCUT2D eigenvalue weighted by molar-refractivity contribution is -0.121. The average molecular weight is 269 g/mol. The van der Waals surface area contributed by atoms with Gasteiger partial charge in [-0.05, 0) is 19.3 Å². The molecular weight excluding hydrogens is 238 g/mol. The Labute approximate surface area is 118 Å². The Kier molecular flexibility index (Phi) is 8.89. The SMILES string of the molecule is CCCCCCCCC(=O)NCC1CCCCC1O. The molecule has 1 aliphatic rings. The van der Waals surface area contributed by atoms with Gasteiger partial charge in [0.15, 0.2) is 0 Å². The lowest BCUT2D eigenvalue weighted by atomic mass is 9.86. The molecule has 0 aliphatic heterocycles. The van der Waals surface area contributed by atoms with Crippen molar-refractivity contribution in [1.29, 1.82) is 0 Å². The van der Waals surface area contributed by atoms with E-state index < -0.39 is 0 Å². The molecular formula is C16H31NO2. The lowest BCUT2D eigenvalue weighted by Crippen LogP contribution is -2.36. The summed E-state index contributed by atoms with van der Waals surface area (Å²) in [5, 5.41) is 12.8. The molecule has 1 saturated carbocycles. The molecule has 0 spiro atoms. The third kappa shape index (κ3) is 7.56. The van der Waals surface area contributed by atoms with Crippen molar-refractivity contribution in [2.24, 2.45) is 5.92 Å². The summed E-state index contributed by atoms with van der Waals surface area (Å²) in [4.78, 5) is 11.7. The molecule has 3 nitrogen and oxygen atoms in total. The number of aliphatic hydroxyl groups is 1. The first-order valence-corrected chi connectivity index (χ1v) is 8.18. The predicted octanol–water partition coefficient (Wildman–Crippen LogP) is 3.40. The highest BCUT2D eigenvalue weighted by molar-refractivity contribution is 5.75. The number of unbranched alkanes of at least 4 members (excludes halogenated alkanes) is 5. The standard InChI is InChI=1S/C16H31NO2/c1-2-3-4-5-6-7-12-16(19)17-13-14-10-8-9-11-15(14)18/h14-15,18H,2-13H2,1H3,(H,17,19). The van der Waals surface area contributed by atoms with Crippen molar-refractivity contribution in [1.82, 2.24) is 5.32 Å². The van der Waals surface area contributed by atoms with E-state index in [1.807, 2.05) is 0 Å². The van der Waals surface area contributed by atoms with Crippen molar-refractivity contribution in [2.75, 3.05) is 6.54 Å². The normalized spacial score (nSPS) is 23.3. The van der Waals surface area contributed by atoms with Crippen LogP contribution in [0.4, 0.5) is 0 Å². The molecule has 1 amide bonds. The summed E-state index contributed by atoms with van der Waals surface area (Å²) in [7, 11) is 0. The van der Waals surface area contributed by atoms with E-state index in [4.69, 9.17) is 0 Å². The van der Waals surface area contributed by atoms with Crippen molar-refractivity contribution in [3.8, 4) is 0 Å². The zero-order valence-corrected chi connectivity index (χ0v) is 12.5. The van der Waals surface area contributed by atoms with Gasteiger partial charge in [-0.25, -0.2) is 0 Å². The topological polar surface area (TPSA) is 49.3 Å². The van der Waals surface area contributed by atoms with Crippen molar-refractivity contribution in [3.63, 3.8) is 0 Å². The first kappa shape index (κ1) is 16.5. The van der Waals surface area contributed by atoms with E-state index in [-0.39, 0.29) is 17.9 Å². The Morgan fingerprint density at radius 1 is 1.11 bits per heavy atom. The molecule has 0 aromatic heterocycles. The summed E-state index contributed by atoms with van der Waals surface area (Å²) in [6, 6.07) is 0. The summed E-state index contributed by atoms with van der Waals surface area (Å²) in [6.45, 7) is 2.88. The van der Waals surface area contributed by atoms with Crippen LogP contribution in [0.25, 0.3) is 0 Å². The van der Waals surface area contributed by atoms with Gasteiger partial charge in [0.2, 0.25) is 5.91 Å². The molecule has 0 heterocycles. The maximum atomic E-state index is 11.7. The van der Waals surface area contributed by atoms with Crippen LogP contribution in [0, 0.1) is 5.92 Å². The zero-order chi connectivity index (χ0) is 13.9. The predicted molar refractivity (Wildman–Crippen MR) is 79.0 cm³/mol. The van der Waals surface area contributed by atoms with Gasteiger partial charge >= 0.3 is 0 Å². The first-order valence-electron chi connectivity index (χ1n) is 8.18. The largest absolute Gasteiger partial charge is 0.393 e. The number of amides is 1. The van der Waals surface area contributed by atoms with E-state index in [0.717, 1.165) is 25.7 Å². The molecule has 19 heavy (non-hydrogen) atoms. The van der Waals surface area contributed by atoms with Gasteiger partial charge in [0.1, 0.15) is 0 Å². The third-order valence-corrected chi connectivity index (χ3v) is 4.19. The first-order chi connectivity index (χ1) is 9.24. The smallest absolute Gasteiger partial charge is 0.220 e. The van der Waals surface area contributed by atoms with Crippen molar-refractivity contribution >= 4 is 5.91 Å². The molecule has 1 fully saturated rings. The number of hydrogen-bond acceptors (Lipinski definition) is 2. The fourth-order valence-electron chi connectivity index (χ4n) is 2.83. The number of aliphatic hydroxyl groups excluding tert-OH is 1. The van der Waals surface area contributed by atoms with Crippen LogP contribution in [0.3, 0.4) is 0 Å². The molecule has 2 N–H and O–H groups in total. The van der Waals surface area contributed by atoms with Gasteiger partial charge in [0, 0.05) is 18.9 Å². The second-order valence-electron chi connectivity index (χ2n) is 5.93. The quantitative estimate of drug-likeness (QED) is 0.630. The molecule has 0 bridgehead atoms. The number of carbonyl (C=O) groups is 1. The van der Waals surface area contributed by atoms with Crippen molar-refractivity contribution in [2.45, 2.75) is 83.7 Å². The number of rotatable bonds is 9. The van der Waals surface area contributed by atoms with E-state index >= 15 is 0 Å². The molecule has 112 valence electrons. The van der Waals surface area contributed by atoms with E-state index in [1.54, 1.807) is 0 Å². The molecule has 1 aliphatic carbocycles. The second-order valence-corrected chi connectivity index (χ2v) is 5.93. The number of hydrogen-bond donors (Lipinski definition) is 2. The van der Waals surface area contributed by atoms with Crippen LogP contribution >= 0.6 is 0 Å². The van der Waals surface area contributed by atoms with Crippen LogP contribution < -0.4 is 5.32 Å². The van der Waals surface area contributed by atoms with Gasteiger partial charge in [-0.2, -0.15) is 0 Å². The van der Waals surface area contributed by atoms with Crippen molar-refractivity contribution < 1.29 is 9.90 Å². The van der Waals surface area contributed by atoms with Gasteiger partial charge < -0.3 is 10.4 Å². The minimum atomic E-state index is -0.205. The molecule has 3 heteroatoms. The van der Waals surface area contributed by atoms with Crippen LogP contribution in [0.1, 0.15) is 77.6 Å². The Morgan fingerprint density at radius 2 is 1.79 bits per heavy atom. The van der Waals surface area contributed by atoms with E-state index in [1.165, 1.54) is 38.5 Å². The van der Waals surface area contributed by atoms with Gasteiger partial charge in [-0.15, -0.1) is 0 Å². The highest BCUT2D eigenvalue weighted by Gasteiger charge is 2.22. The summed E-state index contributed by atoms with van der Waals surface area (Å²) in [5.41, 5.74) is 0. The molecule has 1 rings (SSSR count). The highest BCUT2D eigenvalue weighted by atomic mass is 16.3. The van der Waals surface area contributed by atoms with Crippen LogP contribution in [0.15, 0.2) is 0 Å². The minimum absolute atomic E-state index is 0.160. The van der Waals surface area contributed by atoms with Crippen molar-refractivity contribution in [3.05, 3.63) is 0 Å². The Hall–Kier alpha value is -0.570. The molecule has 0 saturated heterocycles. The van der Waals surface area contributed by atoms with Crippen LogP contribution in [0.5, 0.6) is 0 Å².